The molecule has 0 atom stereocenters. The molecule has 0 aliphatic rings. The fourth-order valence-corrected chi connectivity index (χ4v) is 9.91. The van der Waals surface area contributed by atoms with E-state index >= 15 is 0 Å². The van der Waals surface area contributed by atoms with Gasteiger partial charge in [-0.25, -0.2) is 0 Å². The van der Waals surface area contributed by atoms with Crippen molar-refractivity contribution >= 4 is 154 Å². The van der Waals surface area contributed by atoms with Gasteiger partial charge < -0.3 is 18.9 Å². The first-order valence-electron chi connectivity index (χ1n) is 19.4. The van der Waals surface area contributed by atoms with Gasteiger partial charge in [0.15, 0.2) is 0 Å². The molecule has 0 amide bonds. The molecule has 0 bridgehead atoms. The van der Waals surface area contributed by atoms with E-state index in [0.717, 1.165) is 69.0 Å². The molecule has 2 heterocycles. The van der Waals surface area contributed by atoms with Crippen LogP contribution in [-0.2, 0) is 0 Å². The predicted molar refractivity (Wildman–Crippen MR) is 267 cm³/mol. The highest BCUT2D eigenvalue weighted by Gasteiger charge is 2.17. The molecule has 8 heteroatoms. The van der Waals surface area contributed by atoms with Crippen LogP contribution in [0.1, 0.15) is 0 Å². The molecule has 10 aromatic carbocycles. The van der Waals surface area contributed by atoms with Crippen LogP contribution in [0.4, 0.5) is 0 Å². The second-order valence-electron chi connectivity index (χ2n) is 14.6. The van der Waals surface area contributed by atoms with Gasteiger partial charge in [-0.05, 0) is 143 Å². The highest BCUT2D eigenvalue weighted by Crippen LogP contribution is 2.40. The topological polar surface area (TPSA) is 66.7 Å². The van der Waals surface area contributed by atoms with Crippen molar-refractivity contribution in [3.05, 3.63) is 195 Å². The molecular formula is C52H32BBr2IO4. The Labute approximate surface area is 375 Å². The second-order valence-corrected chi connectivity index (χ2v) is 17.5. The third-order valence-corrected chi connectivity index (χ3v) is 13.0. The minimum Gasteiger partial charge on any atom is -0.456 e. The Kier molecular flexibility index (Phi) is 10.4. The monoisotopic (exact) mass is 1020 g/mol. The Hall–Kier alpha value is -5.49. The number of fused-ring (bicyclic) bond motifs is 12. The van der Waals surface area contributed by atoms with E-state index in [4.69, 9.17) is 8.83 Å². The van der Waals surface area contributed by atoms with Gasteiger partial charge in [-0.15, -0.1) is 0 Å². The minimum atomic E-state index is -1.44. The summed E-state index contributed by atoms with van der Waals surface area (Å²) in [5.74, 6) is 0. The van der Waals surface area contributed by atoms with Gasteiger partial charge in [0.1, 0.15) is 22.3 Å². The standard InChI is InChI=1S/C26H15BrO.C14H11BO2.C12H6BrIO/c27-23-10-5-11-25-26(23)22-15-17(12-13-24(22)28-25)21-14-16-6-1-2-7-18(16)19-8-3-4-9-20(19)21;16-15(17)14-9-10-5-1-2-6-11(10)12-7-3-4-8-13(12)14;13-9-2-1-3-11-12(9)8-6-7(14)4-5-10(8)15-11/h1-15H;1-9,16-17H;1-6H. The molecule has 12 aromatic rings. The van der Waals surface area contributed by atoms with Crippen LogP contribution in [0.15, 0.2) is 200 Å². The molecule has 0 aliphatic heterocycles. The Morgan fingerprint density at radius 3 is 1.48 bits per heavy atom. The molecule has 2 aromatic heterocycles. The molecule has 0 unspecified atom stereocenters. The van der Waals surface area contributed by atoms with Crippen LogP contribution in [0.2, 0.25) is 0 Å². The van der Waals surface area contributed by atoms with Crippen LogP contribution in [0, 0.1) is 3.57 Å². The SMILES string of the molecule is Brc1cccc2oc3ccc(-c4cc5ccccc5c5ccccc45)cc3c12.Brc1cccc2oc3ccc(I)cc3c12.OB(O)c1cc2ccccc2c2ccccc12. The van der Waals surface area contributed by atoms with Crippen molar-refractivity contribution in [2.75, 3.05) is 0 Å². The van der Waals surface area contributed by atoms with Gasteiger partial charge in [0.2, 0.25) is 0 Å². The molecular weight excluding hydrogens is 986 g/mol. The highest BCUT2D eigenvalue weighted by molar-refractivity contribution is 14.1. The Morgan fingerprint density at radius 2 is 0.883 bits per heavy atom. The lowest BCUT2D eigenvalue weighted by molar-refractivity contribution is 0.426. The first-order chi connectivity index (χ1) is 29.3. The van der Waals surface area contributed by atoms with Gasteiger partial charge in [-0.2, -0.15) is 0 Å². The van der Waals surface area contributed by atoms with E-state index in [2.05, 4.69) is 145 Å². The zero-order valence-electron chi connectivity index (χ0n) is 31.7. The van der Waals surface area contributed by atoms with Gasteiger partial charge in [0.25, 0.3) is 0 Å². The van der Waals surface area contributed by atoms with Gasteiger partial charge in [-0.3, -0.25) is 0 Å². The van der Waals surface area contributed by atoms with Crippen LogP contribution in [0.5, 0.6) is 0 Å². The summed E-state index contributed by atoms with van der Waals surface area (Å²) in [6, 6.07) is 62.0. The Balaban J connectivity index is 0.000000116. The van der Waals surface area contributed by atoms with E-state index < -0.39 is 7.12 Å². The fraction of sp³-hybridized carbons (Fsp3) is 0. The number of hydrogen-bond donors (Lipinski definition) is 2. The summed E-state index contributed by atoms with van der Waals surface area (Å²) in [5, 5.41) is 32.7. The van der Waals surface area contributed by atoms with Crippen LogP contribution in [0.3, 0.4) is 0 Å². The molecule has 288 valence electrons. The maximum atomic E-state index is 9.44. The van der Waals surface area contributed by atoms with Crippen molar-refractivity contribution in [1.82, 2.24) is 0 Å². The van der Waals surface area contributed by atoms with Crippen molar-refractivity contribution in [3.63, 3.8) is 0 Å². The normalized spacial score (nSPS) is 11.4. The molecule has 0 saturated carbocycles. The van der Waals surface area contributed by atoms with E-state index in [1.54, 1.807) is 0 Å². The molecule has 0 fully saturated rings. The number of benzene rings is 10. The van der Waals surface area contributed by atoms with Gasteiger partial charge in [-0.1, -0.05) is 153 Å². The quantitative estimate of drug-likeness (QED) is 0.103. The van der Waals surface area contributed by atoms with E-state index in [-0.39, 0.29) is 0 Å². The first-order valence-corrected chi connectivity index (χ1v) is 22.0. The summed E-state index contributed by atoms with van der Waals surface area (Å²) in [5.41, 5.74) is 6.70. The van der Waals surface area contributed by atoms with Gasteiger partial charge in [0.05, 0.1) is 0 Å². The summed E-state index contributed by atoms with van der Waals surface area (Å²) in [7, 11) is -1.44. The van der Waals surface area contributed by atoms with Crippen LogP contribution in [0.25, 0.3) is 98.1 Å². The molecule has 0 radical (unpaired) electrons. The summed E-state index contributed by atoms with van der Waals surface area (Å²) in [6.45, 7) is 0. The van der Waals surface area contributed by atoms with Crippen molar-refractivity contribution in [2.45, 2.75) is 0 Å². The smallest absolute Gasteiger partial charge is 0.456 e. The zero-order valence-corrected chi connectivity index (χ0v) is 37.1. The number of rotatable bonds is 2. The van der Waals surface area contributed by atoms with E-state index in [1.807, 2.05) is 91.0 Å². The summed E-state index contributed by atoms with van der Waals surface area (Å²) in [4.78, 5) is 0. The zero-order chi connectivity index (χ0) is 40.9. The summed E-state index contributed by atoms with van der Waals surface area (Å²) < 4.78 is 15.2. The van der Waals surface area contributed by atoms with E-state index in [9.17, 15) is 10.0 Å². The van der Waals surface area contributed by atoms with Gasteiger partial charge in [0, 0.05) is 34.1 Å². The van der Waals surface area contributed by atoms with E-state index in [1.165, 1.54) is 41.6 Å². The summed E-state index contributed by atoms with van der Waals surface area (Å²) in [6.07, 6.45) is 0. The maximum Gasteiger partial charge on any atom is 0.489 e. The van der Waals surface area contributed by atoms with Crippen LogP contribution >= 0.6 is 54.5 Å². The minimum absolute atomic E-state index is 0.555. The fourth-order valence-electron chi connectivity index (χ4n) is 8.30. The predicted octanol–water partition coefficient (Wildman–Crippen LogP) is 14.9. The second kappa shape index (κ2) is 16.2. The molecule has 2 N–H and O–H groups in total. The Morgan fingerprint density at radius 1 is 0.400 bits per heavy atom. The number of hydrogen-bond acceptors (Lipinski definition) is 4. The molecule has 12 rings (SSSR count). The third-order valence-electron chi connectivity index (χ3n) is 11.0. The van der Waals surface area contributed by atoms with Crippen LogP contribution < -0.4 is 5.46 Å². The van der Waals surface area contributed by atoms with Crippen molar-refractivity contribution in [1.29, 1.82) is 0 Å². The highest BCUT2D eigenvalue weighted by atomic mass is 127. The lowest BCUT2D eigenvalue weighted by Crippen LogP contribution is -2.30. The average Bonchev–Trinajstić information content (AvgIpc) is 3.85. The lowest BCUT2D eigenvalue weighted by Gasteiger charge is -2.11. The largest absolute Gasteiger partial charge is 0.489 e. The molecule has 0 aliphatic carbocycles. The number of halogens is 3. The molecule has 60 heavy (non-hydrogen) atoms. The van der Waals surface area contributed by atoms with Crippen molar-refractivity contribution in [3.8, 4) is 11.1 Å². The molecule has 4 nitrogen and oxygen atoms in total. The van der Waals surface area contributed by atoms with Crippen molar-refractivity contribution in [2.24, 2.45) is 0 Å². The lowest BCUT2D eigenvalue weighted by atomic mass is 9.76. The average molecular weight is 1020 g/mol. The Bertz CT molecular complexity index is 3600. The first kappa shape index (κ1) is 38.7. The van der Waals surface area contributed by atoms with E-state index in [0.29, 0.717) is 5.46 Å². The molecule has 0 spiro atoms. The number of furan rings is 2. The maximum absolute atomic E-state index is 9.44. The third kappa shape index (κ3) is 7.06. The van der Waals surface area contributed by atoms with Gasteiger partial charge >= 0.3 is 7.12 Å². The van der Waals surface area contributed by atoms with Crippen LogP contribution in [-0.4, -0.2) is 17.2 Å². The molecule has 0 saturated heterocycles. The summed E-state index contributed by atoms with van der Waals surface area (Å²) >= 11 is 9.56. The van der Waals surface area contributed by atoms with Crippen molar-refractivity contribution < 1.29 is 18.9 Å².